The lowest BCUT2D eigenvalue weighted by Gasteiger charge is -2.11. The fourth-order valence-corrected chi connectivity index (χ4v) is 2.39. The number of aryl methyl sites for hydroxylation is 1. The summed E-state index contributed by atoms with van der Waals surface area (Å²) in [5.74, 6) is 0.415. The molecule has 0 aromatic heterocycles. The predicted octanol–water partition coefficient (Wildman–Crippen LogP) is 1.44. The molecule has 1 saturated heterocycles. The number of rotatable bonds is 4. The highest BCUT2D eigenvalue weighted by atomic mass is 16.6. The average molecular weight is 250 g/mol. The van der Waals surface area contributed by atoms with Crippen LogP contribution in [-0.2, 0) is 17.6 Å². The molecule has 6 heteroatoms. The molecule has 3 rings (SSSR count). The number of nitrogens with zero attached hydrogens (tertiary/aromatic N) is 1. The van der Waals surface area contributed by atoms with Crippen LogP contribution in [0.3, 0.4) is 0 Å². The van der Waals surface area contributed by atoms with Crippen LogP contribution in [0.2, 0.25) is 0 Å². The number of nitro benzene ring substituents is 1. The van der Waals surface area contributed by atoms with Gasteiger partial charge in [-0.25, -0.2) is 0 Å². The Hall–Kier alpha value is -1.82. The Kier molecular flexibility index (Phi) is 2.59. The first-order chi connectivity index (χ1) is 8.66. The van der Waals surface area contributed by atoms with Gasteiger partial charge in [0.15, 0.2) is 5.69 Å². The average Bonchev–Trinajstić information content (AvgIpc) is 3.04. The van der Waals surface area contributed by atoms with Crippen molar-refractivity contribution >= 4 is 11.4 Å². The van der Waals surface area contributed by atoms with Gasteiger partial charge in [-0.15, -0.1) is 0 Å². The second-order valence-electron chi connectivity index (χ2n) is 4.65. The zero-order valence-corrected chi connectivity index (χ0v) is 9.85. The third kappa shape index (κ3) is 1.88. The minimum Gasteiger partial charge on any atom is -0.488 e. The van der Waals surface area contributed by atoms with Crippen molar-refractivity contribution in [2.45, 2.75) is 25.4 Å². The number of nitrogens with two attached hydrogens (primary N) is 1. The van der Waals surface area contributed by atoms with Gasteiger partial charge in [-0.2, -0.15) is 0 Å². The van der Waals surface area contributed by atoms with E-state index in [0.717, 1.165) is 30.4 Å². The standard InChI is InChI=1S/C12H14N2O4/c13-11-10(18-6-8-5-17-8)4-7-2-1-3-9(7)12(11)14(15)16/h4,8H,1-3,5-6,13H2. The first kappa shape index (κ1) is 11.3. The summed E-state index contributed by atoms with van der Waals surface area (Å²) in [5, 5.41) is 11.1. The summed E-state index contributed by atoms with van der Waals surface area (Å²) >= 11 is 0. The highest BCUT2D eigenvalue weighted by molar-refractivity contribution is 5.73. The van der Waals surface area contributed by atoms with E-state index in [-0.39, 0.29) is 17.5 Å². The highest BCUT2D eigenvalue weighted by Gasteiger charge is 2.30. The number of anilines is 1. The molecular weight excluding hydrogens is 236 g/mol. The van der Waals surface area contributed by atoms with E-state index in [4.69, 9.17) is 15.2 Å². The molecule has 1 fully saturated rings. The van der Waals surface area contributed by atoms with Gasteiger partial charge in [0.1, 0.15) is 18.5 Å². The maximum Gasteiger partial charge on any atom is 0.299 e. The predicted molar refractivity (Wildman–Crippen MR) is 64.8 cm³/mol. The molecule has 1 aliphatic carbocycles. The fourth-order valence-electron chi connectivity index (χ4n) is 2.39. The van der Waals surface area contributed by atoms with Gasteiger partial charge in [0, 0.05) is 5.56 Å². The Balaban J connectivity index is 1.98. The van der Waals surface area contributed by atoms with Crippen LogP contribution in [0.15, 0.2) is 6.07 Å². The molecule has 0 amide bonds. The second-order valence-corrected chi connectivity index (χ2v) is 4.65. The van der Waals surface area contributed by atoms with E-state index in [2.05, 4.69) is 0 Å². The van der Waals surface area contributed by atoms with E-state index in [1.54, 1.807) is 0 Å². The smallest absolute Gasteiger partial charge is 0.299 e. The van der Waals surface area contributed by atoms with Crippen LogP contribution in [0.25, 0.3) is 0 Å². The maximum atomic E-state index is 11.1. The van der Waals surface area contributed by atoms with Crippen molar-refractivity contribution in [3.05, 3.63) is 27.3 Å². The summed E-state index contributed by atoms with van der Waals surface area (Å²) in [6.07, 6.45) is 2.62. The van der Waals surface area contributed by atoms with Crippen LogP contribution in [-0.4, -0.2) is 24.2 Å². The quantitative estimate of drug-likeness (QED) is 0.378. The lowest BCUT2D eigenvalue weighted by molar-refractivity contribution is -0.384. The molecule has 0 bridgehead atoms. The van der Waals surface area contributed by atoms with Gasteiger partial charge in [0.25, 0.3) is 5.69 Å². The molecule has 1 unspecified atom stereocenters. The van der Waals surface area contributed by atoms with Gasteiger partial charge in [0.05, 0.1) is 11.5 Å². The number of ether oxygens (including phenoxy) is 2. The van der Waals surface area contributed by atoms with E-state index in [1.165, 1.54) is 0 Å². The molecule has 1 aromatic rings. The van der Waals surface area contributed by atoms with Crippen LogP contribution in [0, 0.1) is 10.1 Å². The van der Waals surface area contributed by atoms with Crippen LogP contribution >= 0.6 is 0 Å². The van der Waals surface area contributed by atoms with Gasteiger partial charge < -0.3 is 15.2 Å². The monoisotopic (exact) mass is 250 g/mol. The zero-order chi connectivity index (χ0) is 12.7. The number of nitro groups is 1. The summed E-state index contributed by atoms with van der Waals surface area (Å²) in [5.41, 5.74) is 7.78. The van der Waals surface area contributed by atoms with Crippen molar-refractivity contribution in [2.75, 3.05) is 18.9 Å². The lowest BCUT2D eigenvalue weighted by Crippen LogP contribution is -2.08. The molecule has 2 aliphatic rings. The molecule has 1 atom stereocenters. The van der Waals surface area contributed by atoms with Crippen molar-refractivity contribution in [3.8, 4) is 5.75 Å². The number of epoxide rings is 1. The minimum absolute atomic E-state index is 0.0247. The van der Waals surface area contributed by atoms with Crippen molar-refractivity contribution < 1.29 is 14.4 Å². The van der Waals surface area contributed by atoms with E-state index in [0.29, 0.717) is 19.0 Å². The number of benzene rings is 1. The summed E-state index contributed by atoms with van der Waals surface area (Å²) in [6.45, 7) is 1.09. The molecule has 6 nitrogen and oxygen atoms in total. The van der Waals surface area contributed by atoms with Gasteiger partial charge >= 0.3 is 0 Å². The number of hydrogen-bond donors (Lipinski definition) is 1. The molecule has 2 N–H and O–H groups in total. The molecule has 0 saturated carbocycles. The van der Waals surface area contributed by atoms with Crippen LogP contribution in [0.4, 0.5) is 11.4 Å². The molecule has 1 aliphatic heterocycles. The van der Waals surface area contributed by atoms with Crippen molar-refractivity contribution in [1.29, 1.82) is 0 Å². The Labute approximate surface area is 104 Å². The van der Waals surface area contributed by atoms with Crippen LogP contribution in [0.5, 0.6) is 5.75 Å². The van der Waals surface area contributed by atoms with Crippen LogP contribution in [0.1, 0.15) is 17.5 Å². The number of fused-ring (bicyclic) bond motifs is 1. The molecular formula is C12H14N2O4. The lowest BCUT2D eigenvalue weighted by atomic mass is 10.1. The summed E-state index contributed by atoms with van der Waals surface area (Å²) in [4.78, 5) is 10.7. The van der Waals surface area contributed by atoms with Gasteiger partial charge in [-0.05, 0) is 30.9 Å². The highest BCUT2D eigenvalue weighted by Crippen LogP contribution is 2.41. The van der Waals surface area contributed by atoms with E-state index in [1.807, 2.05) is 6.07 Å². The minimum atomic E-state index is -0.403. The van der Waals surface area contributed by atoms with Crippen molar-refractivity contribution in [3.63, 3.8) is 0 Å². The van der Waals surface area contributed by atoms with E-state index < -0.39 is 4.92 Å². The molecule has 18 heavy (non-hydrogen) atoms. The van der Waals surface area contributed by atoms with Gasteiger partial charge in [0.2, 0.25) is 0 Å². The SMILES string of the molecule is Nc1c(OCC2CO2)cc2c(c1[N+](=O)[O-])CCC2. The summed E-state index contributed by atoms with van der Waals surface area (Å²) < 4.78 is 10.6. The summed E-state index contributed by atoms with van der Waals surface area (Å²) in [6, 6.07) is 1.84. The van der Waals surface area contributed by atoms with Crippen LogP contribution < -0.4 is 10.5 Å². The Morgan fingerprint density at radius 1 is 1.56 bits per heavy atom. The number of hydrogen-bond acceptors (Lipinski definition) is 5. The Morgan fingerprint density at radius 3 is 3.00 bits per heavy atom. The number of nitrogen functional groups attached to an aromatic ring is 1. The Morgan fingerprint density at radius 2 is 2.33 bits per heavy atom. The molecule has 0 radical (unpaired) electrons. The fraction of sp³-hybridized carbons (Fsp3) is 0.500. The van der Waals surface area contributed by atoms with E-state index >= 15 is 0 Å². The van der Waals surface area contributed by atoms with Gasteiger partial charge in [-0.3, -0.25) is 10.1 Å². The van der Waals surface area contributed by atoms with E-state index in [9.17, 15) is 10.1 Å². The van der Waals surface area contributed by atoms with Crippen molar-refractivity contribution in [2.24, 2.45) is 0 Å². The molecule has 1 aromatic carbocycles. The first-order valence-electron chi connectivity index (χ1n) is 6.00. The topological polar surface area (TPSA) is 90.9 Å². The normalized spacial score (nSPS) is 20.6. The second kappa shape index (κ2) is 4.13. The summed E-state index contributed by atoms with van der Waals surface area (Å²) in [7, 11) is 0. The van der Waals surface area contributed by atoms with Crippen molar-refractivity contribution in [1.82, 2.24) is 0 Å². The molecule has 1 heterocycles. The maximum absolute atomic E-state index is 11.1. The molecule has 96 valence electrons. The third-order valence-electron chi connectivity index (χ3n) is 3.38. The molecule has 0 spiro atoms. The third-order valence-corrected chi connectivity index (χ3v) is 3.38. The first-order valence-corrected chi connectivity index (χ1v) is 6.00. The largest absolute Gasteiger partial charge is 0.488 e. The Bertz CT molecular complexity index is 511. The zero-order valence-electron chi connectivity index (χ0n) is 9.85. The van der Waals surface area contributed by atoms with Gasteiger partial charge in [-0.1, -0.05) is 0 Å².